The second kappa shape index (κ2) is 8.70. The molecule has 3 heterocycles. The number of halogens is 1. The van der Waals surface area contributed by atoms with Crippen molar-refractivity contribution in [1.29, 1.82) is 0 Å². The summed E-state index contributed by atoms with van der Waals surface area (Å²) >= 11 is 1.32. The highest BCUT2D eigenvalue weighted by atomic mass is 32.2. The highest BCUT2D eigenvalue weighted by Crippen LogP contribution is 2.37. The van der Waals surface area contributed by atoms with E-state index in [4.69, 9.17) is 4.74 Å². The predicted molar refractivity (Wildman–Crippen MR) is 124 cm³/mol. The van der Waals surface area contributed by atoms with Crippen molar-refractivity contribution < 1.29 is 17.5 Å². The molecule has 2 fully saturated rings. The normalized spacial score (nSPS) is 23.6. The maximum atomic E-state index is 13.8. The third-order valence-corrected chi connectivity index (χ3v) is 8.64. The van der Waals surface area contributed by atoms with Gasteiger partial charge in [0.15, 0.2) is 0 Å². The van der Waals surface area contributed by atoms with Crippen molar-refractivity contribution in [2.24, 2.45) is 0 Å². The monoisotopic (exact) mass is 475 g/mol. The zero-order chi connectivity index (χ0) is 22.3. The number of ether oxygens (including phenoxy) is 1. The summed E-state index contributed by atoms with van der Waals surface area (Å²) in [5, 5.41) is 4.05. The Labute approximate surface area is 191 Å². The molecule has 3 atom stereocenters. The number of rotatable bonds is 7. The number of thiazole rings is 1. The molecule has 2 aromatic carbocycles. The smallest absolute Gasteiger partial charge is 0.279 e. The van der Waals surface area contributed by atoms with Gasteiger partial charge in [-0.15, -0.1) is 0 Å². The van der Waals surface area contributed by atoms with Gasteiger partial charge in [0.25, 0.3) is 5.19 Å². The van der Waals surface area contributed by atoms with Gasteiger partial charge in [-0.1, -0.05) is 29.5 Å². The molecule has 2 saturated heterocycles. The van der Waals surface area contributed by atoms with E-state index < -0.39 is 10.0 Å². The van der Waals surface area contributed by atoms with Gasteiger partial charge in [-0.25, -0.2) is 12.8 Å². The number of nitrogens with zero attached hydrogens (tertiary/aromatic N) is 2. The zero-order valence-corrected chi connectivity index (χ0v) is 19.5. The second-order valence-electron chi connectivity index (χ2n) is 8.66. The molecule has 32 heavy (non-hydrogen) atoms. The Kier molecular flexibility index (Phi) is 5.92. The molecule has 170 valence electrons. The fourth-order valence-electron chi connectivity index (χ4n) is 5.03. The van der Waals surface area contributed by atoms with Crippen LogP contribution >= 0.6 is 11.3 Å². The van der Waals surface area contributed by atoms with Gasteiger partial charge >= 0.3 is 0 Å². The lowest BCUT2D eigenvalue weighted by Gasteiger charge is -2.37. The summed E-state index contributed by atoms with van der Waals surface area (Å²) < 4.78 is 46.2. The Hall–Kier alpha value is -2.07. The van der Waals surface area contributed by atoms with E-state index in [2.05, 4.69) is 10.3 Å². The molecule has 0 aliphatic carbocycles. The molecule has 0 unspecified atom stereocenters. The molecule has 6 nitrogen and oxygen atoms in total. The van der Waals surface area contributed by atoms with E-state index in [-0.39, 0.29) is 17.9 Å². The number of fused-ring (bicyclic) bond motifs is 3. The van der Waals surface area contributed by atoms with E-state index in [0.717, 1.165) is 43.3 Å². The van der Waals surface area contributed by atoms with Gasteiger partial charge in [0, 0.05) is 18.1 Å². The van der Waals surface area contributed by atoms with Crippen molar-refractivity contribution in [3.05, 3.63) is 53.8 Å². The number of piperidine rings is 1. The first-order chi connectivity index (χ1) is 15.4. The van der Waals surface area contributed by atoms with Crippen molar-refractivity contribution in [3.63, 3.8) is 0 Å². The van der Waals surface area contributed by atoms with Crippen LogP contribution in [0.5, 0.6) is 10.9 Å². The Morgan fingerprint density at radius 3 is 2.53 bits per heavy atom. The topological polar surface area (TPSA) is 71.5 Å². The predicted octanol–water partition coefficient (Wildman–Crippen LogP) is 4.31. The number of hydrogen-bond acceptors (Lipinski definition) is 6. The molecule has 3 aromatic rings. The molecule has 2 bridgehead atoms. The van der Waals surface area contributed by atoms with Crippen LogP contribution in [0.25, 0.3) is 10.2 Å². The van der Waals surface area contributed by atoms with Crippen LogP contribution in [0.2, 0.25) is 0 Å². The molecule has 0 spiro atoms. The molecular weight excluding hydrogens is 449 g/mol. The maximum absolute atomic E-state index is 13.8. The second-order valence-corrected chi connectivity index (χ2v) is 11.5. The summed E-state index contributed by atoms with van der Waals surface area (Å²) in [4.78, 5) is 4.24. The zero-order valence-electron chi connectivity index (χ0n) is 17.8. The van der Waals surface area contributed by atoms with Crippen molar-refractivity contribution in [3.8, 4) is 10.9 Å². The van der Waals surface area contributed by atoms with Crippen LogP contribution in [0.1, 0.15) is 31.2 Å². The first-order valence-corrected chi connectivity index (χ1v) is 13.6. The number of sulfonamides is 1. The van der Waals surface area contributed by atoms with Gasteiger partial charge < -0.3 is 10.1 Å². The largest absolute Gasteiger partial charge is 0.431 e. The first-order valence-electron chi connectivity index (χ1n) is 10.9. The van der Waals surface area contributed by atoms with E-state index in [9.17, 15) is 12.8 Å². The molecular formula is C23H26FN3O3S2. The summed E-state index contributed by atoms with van der Waals surface area (Å²) in [5.74, 6) is 0.331. The molecule has 0 radical (unpaired) electrons. The van der Waals surface area contributed by atoms with Crippen molar-refractivity contribution in [1.82, 2.24) is 14.6 Å². The van der Waals surface area contributed by atoms with Gasteiger partial charge in [0.05, 0.1) is 11.0 Å². The summed E-state index contributed by atoms with van der Waals surface area (Å²) in [7, 11) is -3.11. The average Bonchev–Trinajstić information content (AvgIpc) is 3.28. The van der Waals surface area contributed by atoms with Crippen LogP contribution in [0.15, 0.2) is 42.5 Å². The first kappa shape index (κ1) is 21.8. The minimum Gasteiger partial charge on any atom is -0.431 e. The Morgan fingerprint density at radius 2 is 1.88 bits per heavy atom. The highest BCUT2D eigenvalue weighted by molar-refractivity contribution is 7.88. The lowest BCUT2D eigenvalue weighted by Crippen LogP contribution is -2.51. The van der Waals surface area contributed by atoms with E-state index in [1.54, 1.807) is 10.4 Å². The van der Waals surface area contributed by atoms with Crippen molar-refractivity contribution in [2.45, 2.75) is 50.2 Å². The fourth-order valence-corrected chi connectivity index (χ4v) is 7.34. The fraction of sp³-hybridized carbons (Fsp3) is 0.435. The van der Waals surface area contributed by atoms with Crippen molar-refractivity contribution >= 4 is 31.6 Å². The number of hydrogen-bond donors (Lipinski definition) is 1. The summed E-state index contributed by atoms with van der Waals surface area (Å²) in [6.07, 6.45) is 5.93. The van der Waals surface area contributed by atoms with Crippen molar-refractivity contribution in [2.75, 3.05) is 12.8 Å². The Balaban J connectivity index is 1.13. The van der Waals surface area contributed by atoms with E-state index in [1.807, 2.05) is 30.3 Å². The maximum Gasteiger partial charge on any atom is 0.279 e. The summed E-state index contributed by atoms with van der Waals surface area (Å²) in [6.45, 7) is 0.848. The highest BCUT2D eigenvalue weighted by Gasteiger charge is 2.44. The molecule has 0 saturated carbocycles. The lowest BCUT2D eigenvalue weighted by molar-refractivity contribution is 0.208. The van der Waals surface area contributed by atoms with Gasteiger partial charge in [0.2, 0.25) is 10.0 Å². The minimum atomic E-state index is -3.11. The average molecular weight is 476 g/mol. The van der Waals surface area contributed by atoms with Crippen LogP contribution in [0.4, 0.5) is 4.39 Å². The molecule has 2 aliphatic heterocycles. The van der Waals surface area contributed by atoms with E-state index in [1.165, 1.54) is 29.2 Å². The molecule has 1 N–H and O–H groups in total. The van der Waals surface area contributed by atoms with Crippen LogP contribution in [-0.4, -0.2) is 48.6 Å². The van der Waals surface area contributed by atoms with Crippen LogP contribution in [0.3, 0.4) is 0 Å². The number of nitrogens with one attached hydrogen (secondary N) is 1. The quantitative estimate of drug-likeness (QED) is 0.551. The van der Waals surface area contributed by atoms with Crippen LogP contribution < -0.4 is 10.1 Å². The van der Waals surface area contributed by atoms with Gasteiger partial charge in [-0.2, -0.15) is 9.29 Å². The summed E-state index contributed by atoms with van der Waals surface area (Å²) in [5.41, 5.74) is 1.53. The number of aromatic nitrogens is 1. The van der Waals surface area contributed by atoms with Gasteiger partial charge in [-0.3, -0.25) is 0 Å². The number of para-hydroxylation sites is 1. The number of benzene rings is 2. The van der Waals surface area contributed by atoms with Gasteiger partial charge in [-0.05, 0) is 68.5 Å². The standard InChI is InChI=1S/C23H26FN3O3S2/c1-32(28,29)27-17-7-8-18(27)14-16(13-17)25-12-11-15-5-9-19(10-6-15)30-23-26-22-20(24)3-2-4-21(22)31-23/h2-6,9-10,16-18,25H,7-8,11-14H2,1H3/t16-,17+,18-. The van der Waals surface area contributed by atoms with Gasteiger partial charge in [0.1, 0.15) is 17.1 Å². The molecule has 9 heteroatoms. The Morgan fingerprint density at radius 1 is 1.16 bits per heavy atom. The van der Waals surface area contributed by atoms with Crippen LogP contribution in [-0.2, 0) is 16.4 Å². The molecule has 0 amide bonds. The molecule has 2 aliphatic rings. The SMILES string of the molecule is CS(=O)(=O)N1[C@@H]2CC[C@H]1C[C@@H](NCCc1ccc(Oc3nc4c(F)cccc4s3)cc1)C2. The molecule has 5 rings (SSSR count). The Bertz CT molecular complexity index is 1200. The third kappa shape index (κ3) is 4.52. The minimum absolute atomic E-state index is 0.147. The summed E-state index contributed by atoms with van der Waals surface area (Å²) in [6, 6.07) is 13.4. The van der Waals surface area contributed by atoms with E-state index in [0.29, 0.717) is 22.5 Å². The molecule has 1 aromatic heterocycles. The third-order valence-electron chi connectivity index (χ3n) is 6.37. The van der Waals surface area contributed by atoms with E-state index >= 15 is 0 Å². The van der Waals surface area contributed by atoms with Crippen LogP contribution in [0, 0.1) is 5.82 Å². The lowest BCUT2D eigenvalue weighted by atomic mass is 9.99.